The SMILES string of the molecule is COc1cc(N)c(Cl)cc1C(=O)OCCN1CCN(C(=O)CCCCNS(=O)(=O)c2cccc3c(N(C)C)cccc23)CC1. The van der Waals surface area contributed by atoms with E-state index < -0.39 is 16.0 Å². The number of amides is 1. The van der Waals surface area contributed by atoms with Gasteiger partial charge >= 0.3 is 5.97 Å². The number of halogens is 1. The summed E-state index contributed by atoms with van der Waals surface area (Å²) in [4.78, 5) is 31.4. The molecule has 3 N–H and O–H groups in total. The molecule has 1 fully saturated rings. The zero-order valence-corrected chi connectivity index (χ0v) is 26.9. The molecule has 3 aromatic rings. The fourth-order valence-corrected chi connectivity index (χ4v) is 6.65. The molecule has 0 bridgehead atoms. The Hall–Kier alpha value is -3.58. The number of methoxy groups -OCH3 is 1. The highest BCUT2D eigenvalue weighted by atomic mass is 35.5. The second-order valence-electron chi connectivity index (χ2n) is 10.8. The number of hydrogen-bond acceptors (Lipinski definition) is 9. The number of carbonyl (C=O) groups is 2. The Morgan fingerprint density at radius 2 is 1.73 bits per heavy atom. The third-order valence-electron chi connectivity index (χ3n) is 7.64. The average molecular weight is 646 g/mol. The van der Waals surface area contributed by atoms with Gasteiger partial charge in [0.05, 0.1) is 22.7 Å². The van der Waals surface area contributed by atoms with E-state index in [9.17, 15) is 18.0 Å². The molecule has 11 nitrogen and oxygen atoms in total. The van der Waals surface area contributed by atoms with Gasteiger partial charge in [-0.3, -0.25) is 9.69 Å². The molecule has 3 aromatic carbocycles. The van der Waals surface area contributed by atoms with Crippen LogP contribution >= 0.6 is 11.6 Å². The number of nitrogens with two attached hydrogens (primary N) is 1. The standard InChI is InChI=1S/C31H40ClN5O6S/c1-35(2)27-10-6-9-23-22(27)8-7-11-29(23)44(40,41)34-13-5-4-12-30(38)37-16-14-36(15-17-37)18-19-43-31(39)24-20-25(32)26(33)21-28(24)42-3/h6-11,20-21,34H,4-5,12-19,33H2,1-3H3. The summed E-state index contributed by atoms with van der Waals surface area (Å²) in [7, 11) is 1.58. The van der Waals surface area contributed by atoms with Gasteiger partial charge in [0.2, 0.25) is 15.9 Å². The van der Waals surface area contributed by atoms with Crippen molar-refractivity contribution < 1.29 is 27.5 Å². The Balaban J connectivity index is 1.16. The maximum atomic E-state index is 13.1. The average Bonchev–Trinajstić information content (AvgIpc) is 3.01. The molecular weight excluding hydrogens is 606 g/mol. The van der Waals surface area contributed by atoms with Crippen molar-refractivity contribution in [3.63, 3.8) is 0 Å². The predicted molar refractivity (Wildman–Crippen MR) is 173 cm³/mol. The van der Waals surface area contributed by atoms with Crippen LogP contribution in [0.1, 0.15) is 29.6 Å². The number of fused-ring (bicyclic) bond motifs is 1. The van der Waals surface area contributed by atoms with Crippen molar-refractivity contribution >= 4 is 55.6 Å². The van der Waals surface area contributed by atoms with Crippen LogP contribution in [0.4, 0.5) is 11.4 Å². The van der Waals surface area contributed by atoms with Crippen LogP contribution in [-0.2, 0) is 19.6 Å². The molecule has 1 aliphatic rings. The lowest BCUT2D eigenvalue weighted by atomic mass is 10.1. The molecule has 1 amide bonds. The molecule has 0 aromatic heterocycles. The molecule has 0 spiro atoms. The minimum atomic E-state index is -3.71. The molecule has 1 saturated heterocycles. The van der Waals surface area contributed by atoms with Crippen molar-refractivity contribution in [1.29, 1.82) is 0 Å². The topological polar surface area (TPSA) is 135 Å². The molecule has 4 rings (SSSR count). The number of sulfonamides is 1. The third kappa shape index (κ3) is 8.12. The summed E-state index contributed by atoms with van der Waals surface area (Å²) in [5.41, 5.74) is 7.24. The Morgan fingerprint density at radius 3 is 2.43 bits per heavy atom. The first-order valence-electron chi connectivity index (χ1n) is 14.5. The Kier molecular flexibility index (Phi) is 11.3. The van der Waals surface area contributed by atoms with Gasteiger partial charge in [0.15, 0.2) is 0 Å². The van der Waals surface area contributed by atoms with Gasteiger partial charge in [0.1, 0.15) is 17.9 Å². The van der Waals surface area contributed by atoms with Crippen molar-refractivity contribution in [2.24, 2.45) is 0 Å². The van der Waals surface area contributed by atoms with Crippen molar-refractivity contribution in [1.82, 2.24) is 14.5 Å². The van der Waals surface area contributed by atoms with E-state index in [4.69, 9.17) is 26.8 Å². The number of esters is 1. The minimum Gasteiger partial charge on any atom is -0.496 e. The maximum Gasteiger partial charge on any atom is 0.342 e. The van der Waals surface area contributed by atoms with E-state index in [1.54, 1.807) is 12.1 Å². The number of hydrogen-bond donors (Lipinski definition) is 2. The second kappa shape index (κ2) is 14.9. The Bertz CT molecular complexity index is 1590. The van der Waals surface area contributed by atoms with Crippen molar-refractivity contribution in [3.8, 4) is 5.75 Å². The van der Waals surface area contributed by atoms with Crippen LogP contribution in [0.3, 0.4) is 0 Å². The van der Waals surface area contributed by atoms with E-state index >= 15 is 0 Å². The first kappa shape index (κ1) is 33.3. The summed E-state index contributed by atoms with van der Waals surface area (Å²) >= 11 is 6.04. The number of nitrogens with zero attached hydrogens (tertiary/aromatic N) is 3. The van der Waals surface area contributed by atoms with Crippen LogP contribution in [0.15, 0.2) is 53.4 Å². The zero-order chi connectivity index (χ0) is 31.9. The first-order chi connectivity index (χ1) is 21.0. The predicted octanol–water partition coefficient (Wildman–Crippen LogP) is 3.60. The van der Waals surface area contributed by atoms with Gasteiger partial charge in [-0.1, -0.05) is 35.9 Å². The van der Waals surface area contributed by atoms with Gasteiger partial charge in [-0.05, 0) is 31.0 Å². The smallest absolute Gasteiger partial charge is 0.342 e. The van der Waals surface area contributed by atoms with Crippen LogP contribution in [-0.4, -0.2) is 97.2 Å². The van der Waals surface area contributed by atoms with Crippen LogP contribution in [0.5, 0.6) is 5.75 Å². The fourth-order valence-electron chi connectivity index (χ4n) is 5.20. The Morgan fingerprint density at radius 1 is 1.02 bits per heavy atom. The molecule has 0 saturated carbocycles. The highest BCUT2D eigenvalue weighted by molar-refractivity contribution is 7.89. The number of anilines is 2. The van der Waals surface area contributed by atoms with Crippen LogP contribution in [0.2, 0.25) is 5.02 Å². The van der Waals surface area contributed by atoms with E-state index in [0.29, 0.717) is 68.8 Å². The van der Waals surface area contributed by atoms with Crippen molar-refractivity contribution in [2.75, 3.05) is 77.7 Å². The van der Waals surface area contributed by atoms with E-state index in [1.807, 2.05) is 48.2 Å². The largest absolute Gasteiger partial charge is 0.496 e. The summed E-state index contributed by atoms with van der Waals surface area (Å²) in [5, 5.41) is 1.79. The van der Waals surface area contributed by atoms with Gasteiger partial charge in [0.25, 0.3) is 0 Å². The lowest BCUT2D eigenvalue weighted by Gasteiger charge is -2.34. The van der Waals surface area contributed by atoms with E-state index in [1.165, 1.54) is 19.2 Å². The summed E-state index contributed by atoms with van der Waals surface area (Å²) in [6, 6.07) is 13.8. The van der Waals surface area contributed by atoms with Crippen LogP contribution in [0, 0.1) is 0 Å². The van der Waals surface area contributed by atoms with Gasteiger partial charge in [-0.15, -0.1) is 0 Å². The number of carbonyl (C=O) groups excluding carboxylic acids is 2. The maximum absolute atomic E-state index is 13.1. The van der Waals surface area contributed by atoms with Crippen molar-refractivity contribution in [2.45, 2.75) is 24.2 Å². The van der Waals surface area contributed by atoms with Gasteiger partial charge in [-0.25, -0.2) is 17.9 Å². The third-order valence-corrected chi connectivity index (χ3v) is 9.49. The van der Waals surface area contributed by atoms with E-state index in [-0.39, 0.29) is 34.5 Å². The number of unbranched alkanes of at least 4 members (excludes halogenated alkanes) is 1. The normalized spacial score (nSPS) is 14.0. The lowest BCUT2D eigenvalue weighted by Crippen LogP contribution is -2.49. The fraction of sp³-hybridized carbons (Fsp3) is 0.419. The highest BCUT2D eigenvalue weighted by Crippen LogP contribution is 2.31. The van der Waals surface area contributed by atoms with Gasteiger partial charge in [-0.2, -0.15) is 0 Å². The molecule has 44 heavy (non-hydrogen) atoms. The molecule has 13 heteroatoms. The van der Waals surface area contributed by atoms with Crippen LogP contribution in [0.25, 0.3) is 10.8 Å². The summed E-state index contributed by atoms with van der Waals surface area (Å²) in [5.74, 6) is -0.197. The molecule has 238 valence electrons. The number of rotatable bonds is 13. The van der Waals surface area contributed by atoms with Crippen LogP contribution < -0.4 is 20.1 Å². The minimum absolute atomic E-state index is 0.0523. The molecule has 0 atom stereocenters. The molecule has 0 radical (unpaired) electrons. The van der Waals surface area contributed by atoms with E-state index in [2.05, 4.69) is 9.62 Å². The summed E-state index contributed by atoms with van der Waals surface area (Å²) in [6.45, 7) is 3.46. The van der Waals surface area contributed by atoms with Crippen molar-refractivity contribution in [3.05, 3.63) is 59.1 Å². The quantitative estimate of drug-likeness (QED) is 0.162. The molecule has 0 unspecified atom stereocenters. The summed E-state index contributed by atoms with van der Waals surface area (Å²) in [6.07, 6.45) is 1.48. The highest BCUT2D eigenvalue weighted by Gasteiger charge is 2.22. The molecule has 1 heterocycles. The monoisotopic (exact) mass is 645 g/mol. The molecule has 1 aliphatic heterocycles. The number of benzene rings is 3. The second-order valence-corrected chi connectivity index (χ2v) is 13.0. The Labute approximate surface area is 263 Å². The summed E-state index contributed by atoms with van der Waals surface area (Å²) < 4.78 is 39.5. The zero-order valence-electron chi connectivity index (χ0n) is 25.3. The number of nitrogens with one attached hydrogen (secondary N) is 1. The number of nitrogen functional groups attached to an aromatic ring is 1. The van der Waals surface area contributed by atoms with Gasteiger partial charge < -0.3 is 25.0 Å². The molecular formula is C31H40ClN5O6S. The molecule has 0 aliphatic carbocycles. The number of ether oxygens (including phenoxy) is 2. The first-order valence-corrected chi connectivity index (χ1v) is 16.4. The lowest BCUT2D eigenvalue weighted by molar-refractivity contribution is -0.133. The van der Waals surface area contributed by atoms with Gasteiger partial charge in [0, 0.05) is 82.3 Å². The number of piperazine rings is 1. The van der Waals surface area contributed by atoms with E-state index in [0.717, 1.165) is 11.1 Å².